The van der Waals surface area contributed by atoms with Gasteiger partial charge in [-0.25, -0.2) is 9.69 Å². The van der Waals surface area contributed by atoms with Crippen LogP contribution < -0.4 is 15.4 Å². The number of terminal acetylenes is 1. The molecule has 0 aromatic heterocycles. The predicted molar refractivity (Wildman–Crippen MR) is 124 cm³/mol. The standard InChI is InChI=1S/C22H17Br2N3O4/c1-3-8-31-20-16(23)9-14(10-17(20)24)11-18-21(29)27(22(30)26-18)12-19(28)25-15-6-4-13(2)5-7-15/h1,4-7,9-11H,8,12H2,2H3,(H,25,28)(H,26,30)/b18-11+. The zero-order valence-corrected chi connectivity index (χ0v) is 19.5. The zero-order chi connectivity index (χ0) is 22.5. The van der Waals surface area contributed by atoms with Gasteiger partial charge in [0.2, 0.25) is 5.91 Å². The molecule has 0 bridgehead atoms. The Labute approximate surface area is 196 Å². The highest BCUT2D eigenvalue weighted by molar-refractivity contribution is 9.11. The largest absolute Gasteiger partial charge is 0.479 e. The first-order valence-electron chi connectivity index (χ1n) is 9.05. The van der Waals surface area contributed by atoms with Crippen LogP contribution in [0.25, 0.3) is 6.08 Å². The molecule has 2 aromatic rings. The minimum absolute atomic E-state index is 0.0595. The molecule has 1 aliphatic rings. The molecule has 0 aliphatic carbocycles. The minimum atomic E-state index is -0.664. The molecule has 1 heterocycles. The number of aryl methyl sites for hydroxylation is 1. The number of nitrogens with one attached hydrogen (secondary N) is 2. The number of amides is 4. The van der Waals surface area contributed by atoms with Crippen molar-refractivity contribution in [2.75, 3.05) is 18.5 Å². The van der Waals surface area contributed by atoms with Gasteiger partial charge in [-0.05, 0) is 74.7 Å². The van der Waals surface area contributed by atoms with Gasteiger partial charge < -0.3 is 15.4 Å². The third-order valence-electron chi connectivity index (χ3n) is 4.23. The second-order valence-corrected chi connectivity index (χ2v) is 8.31. The summed E-state index contributed by atoms with van der Waals surface area (Å²) in [5, 5.41) is 5.16. The highest BCUT2D eigenvalue weighted by Gasteiger charge is 2.35. The molecular formula is C22H17Br2N3O4. The van der Waals surface area contributed by atoms with Crippen LogP contribution in [0.15, 0.2) is 51.0 Å². The molecule has 9 heteroatoms. The van der Waals surface area contributed by atoms with E-state index in [1.165, 1.54) is 6.08 Å². The minimum Gasteiger partial charge on any atom is -0.479 e. The summed E-state index contributed by atoms with van der Waals surface area (Å²) in [5.41, 5.74) is 2.32. The predicted octanol–water partition coefficient (Wildman–Crippen LogP) is 4.06. The molecule has 0 saturated carbocycles. The van der Waals surface area contributed by atoms with Crippen LogP contribution in [0, 0.1) is 19.3 Å². The lowest BCUT2D eigenvalue weighted by atomic mass is 10.2. The maximum absolute atomic E-state index is 12.7. The molecule has 3 rings (SSSR count). The third-order valence-corrected chi connectivity index (χ3v) is 5.41. The number of hydrogen-bond acceptors (Lipinski definition) is 4. The van der Waals surface area contributed by atoms with Gasteiger partial charge >= 0.3 is 6.03 Å². The van der Waals surface area contributed by atoms with Gasteiger partial charge in [0.25, 0.3) is 5.91 Å². The first-order valence-corrected chi connectivity index (χ1v) is 10.6. The van der Waals surface area contributed by atoms with Crippen molar-refractivity contribution in [1.82, 2.24) is 10.2 Å². The lowest BCUT2D eigenvalue weighted by Gasteiger charge is -2.12. The first-order chi connectivity index (χ1) is 14.8. The van der Waals surface area contributed by atoms with Crippen LogP contribution in [0.1, 0.15) is 11.1 Å². The smallest absolute Gasteiger partial charge is 0.329 e. The molecule has 4 amide bonds. The summed E-state index contributed by atoms with van der Waals surface area (Å²) < 4.78 is 6.70. The molecule has 0 unspecified atom stereocenters. The SMILES string of the molecule is C#CCOc1c(Br)cc(/C=C2/NC(=O)N(CC(=O)Nc3ccc(C)cc3)C2=O)cc1Br. The fraction of sp³-hybridized carbons (Fsp3) is 0.136. The van der Waals surface area contributed by atoms with E-state index in [0.29, 0.717) is 25.9 Å². The van der Waals surface area contributed by atoms with E-state index in [1.807, 2.05) is 19.1 Å². The number of urea groups is 1. The zero-order valence-electron chi connectivity index (χ0n) is 16.4. The quantitative estimate of drug-likeness (QED) is 0.325. The molecule has 2 N–H and O–H groups in total. The number of carbonyl (C=O) groups is 3. The van der Waals surface area contributed by atoms with Crippen molar-refractivity contribution in [2.45, 2.75) is 6.92 Å². The number of hydrogen-bond donors (Lipinski definition) is 2. The van der Waals surface area contributed by atoms with Gasteiger partial charge in [0.1, 0.15) is 24.6 Å². The Bertz CT molecular complexity index is 1100. The Kier molecular flexibility index (Phi) is 7.15. The highest BCUT2D eigenvalue weighted by Crippen LogP contribution is 2.35. The number of halogens is 2. The van der Waals surface area contributed by atoms with E-state index in [2.05, 4.69) is 48.4 Å². The Morgan fingerprint density at radius 2 is 1.87 bits per heavy atom. The van der Waals surface area contributed by atoms with Crippen molar-refractivity contribution in [1.29, 1.82) is 0 Å². The Morgan fingerprint density at radius 1 is 1.23 bits per heavy atom. The summed E-state index contributed by atoms with van der Waals surface area (Å²) in [6, 6.07) is 9.97. The second-order valence-electron chi connectivity index (χ2n) is 6.60. The molecule has 158 valence electrons. The van der Waals surface area contributed by atoms with E-state index in [1.54, 1.807) is 24.3 Å². The lowest BCUT2D eigenvalue weighted by molar-refractivity contribution is -0.127. The maximum Gasteiger partial charge on any atom is 0.329 e. The van der Waals surface area contributed by atoms with Gasteiger partial charge in [0.05, 0.1) is 8.95 Å². The number of imide groups is 1. The van der Waals surface area contributed by atoms with Crippen molar-refractivity contribution < 1.29 is 19.1 Å². The van der Waals surface area contributed by atoms with E-state index in [0.717, 1.165) is 10.5 Å². The molecule has 7 nitrogen and oxygen atoms in total. The van der Waals surface area contributed by atoms with Gasteiger partial charge in [0, 0.05) is 5.69 Å². The molecule has 1 saturated heterocycles. The number of nitrogens with zero attached hydrogens (tertiary/aromatic N) is 1. The topological polar surface area (TPSA) is 87.7 Å². The summed E-state index contributed by atoms with van der Waals surface area (Å²) in [6.45, 7) is 1.63. The number of carbonyl (C=O) groups excluding carboxylic acids is 3. The normalized spacial score (nSPS) is 14.4. The monoisotopic (exact) mass is 545 g/mol. The summed E-state index contributed by atoms with van der Waals surface area (Å²) in [7, 11) is 0. The van der Waals surface area contributed by atoms with Crippen LogP contribution in [0.4, 0.5) is 10.5 Å². The van der Waals surface area contributed by atoms with Crippen LogP contribution >= 0.6 is 31.9 Å². The Balaban J connectivity index is 1.72. The second kappa shape index (κ2) is 9.81. The molecule has 0 atom stereocenters. The van der Waals surface area contributed by atoms with Crippen LogP contribution in [0.2, 0.25) is 0 Å². The van der Waals surface area contributed by atoms with Gasteiger partial charge in [-0.15, -0.1) is 6.42 Å². The van der Waals surface area contributed by atoms with Crippen molar-refractivity contribution in [3.8, 4) is 18.1 Å². The molecule has 0 spiro atoms. The molecule has 31 heavy (non-hydrogen) atoms. The average molecular weight is 547 g/mol. The Hall–Kier alpha value is -3.09. The summed E-state index contributed by atoms with van der Waals surface area (Å²) >= 11 is 6.79. The van der Waals surface area contributed by atoms with Crippen molar-refractivity contribution >= 4 is 61.5 Å². The fourth-order valence-electron chi connectivity index (χ4n) is 2.78. The summed E-state index contributed by atoms with van der Waals surface area (Å²) in [6.07, 6.45) is 6.73. The first kappa shape index (κ1) is 22.6. The van der Waals surface area contributed by atoms with Gasteiger partial charge in [-0.3, -0.25) is 9.59 Å². The molecule has 2 aromatic carbocycles. The lowest BCUT2D eigenvalue weighted by Crippen LogP contribution is -2.38. The van der Waals surface area contributed by atoms with Gasteiger partial charge in [-0.2, -0.15) is 0 Å². The molecule has 0 radical (unpaired) electrons. The number of anilines is 1. The summed E-state index contributed by atoms with van der Waals surface area (Å²) in [5.74, 6) is 1.84. The number of rotatable bonds is 6. The van der Waals surface area contributed by atoms with E-state index >= 15 is 0 Å². The van der Waals surface area contributed by atoms with Crippen molar-refractivity contribution in [3.63, 3.8) is 0 Å². The van der Waals surface area contributed by atoms with Crippen molar-refractivity contribution in [2.24, 2.45) is 0 Å². The van der Waals surface area contributed by atoms with E-state index in [-0.39, 0.29) is 12.3 Å². The van der Waals surface area contributed by atoms with E-state index < -0.39 is 24.4 Å². The average Bonchev–Trinajstić information content (AvgIpc) is 2.96. The highest BCUT2D eigenvalue weighted by atomic mass is 79.9. The van der Waals surface area contributed by atoms with Gasteiger partial charge in [-0.1, -0.05) is 23.6 Å². The molecule has 1 fully saturated rings. The maximum atomic E-state index is 12.7. The van der Waals surface area contributed by atoms with Crippen LogP contribution in [0.3, 0.4) is 0 Å². The number of benzene rings is 2. The van der Waals surface area contributed by atoms with Gasteiger partial charge in [0.15, 0.2) is 0 Å². The third kappa shape index (κ3) is 5.54. The van der Waals surface area contributed by atoms with E-state index in [4.69, 9.17) is 11.2 Å². The Morgan fingerprint density at radius 3 is 2.48 bits per heavy atom. The van der Waals surface area contributed by atoms with Crippen LogP contribution in [-0.2, 0) is 9.59 Å². The molecular weight excluding hydrogens is 530 g/mol. The fourth-order valence-corrected chi connectivity index (χ4v) is 4.23. The summed E-state index contributed by atoms with van der Waals surface area (Å²) in [4.78, 5) is 38.0. The molecule has 1 aliphatic heterocycles. The van der Waals surface area contributed by atoms with E-state index in [9.17, 15) is 14.4 Å². The van der Waals surface area contributed by atoms with Crippen LogP contribution in [-0.4, -0.2) is 35.9 Å². The van der Waals surface area contributed by atoms with Crippen LogP contribution in [0.5, 0.6) is 5.75 Å². The number of ether oxygens (including phenoxy) is 1. The van der Waals surface area contributed by atoms with Crippen molar-refractivity contribution in [3.05, 3.63) is 62.2 Å².